The predicted octanol–water partition coefficient (Wildman–Crippen LogP) is 3.61. The summed E-state index contributed by atoms with van der Waals surface area (Å²) < 4.78 is 0. The standard InChI is InChI=1S/C11H21NO.C2H6.H2/c1-4-6-11(5-2)7-10(11)8-12-9(3)13;1-2;/h10H,4-8H2,1-3H3,(H,12,13);1-2H3;1H. The fourth-order valence-corrected chi connectivity index (χ4v) is 2.40. The van der Waals surface area contributed by atoms with Crippen LogP contribution in [0.2, 0.25) is 0 Å². The van der Waals surface area contributed by atoms with E-state index in [1.807, 2.05) is 13.8 Å². The summed E-state index contributed by atoms with van der Waals surface area (Å²) in [5.74, 6) is 0.856. The first-order chi connectivity index (χ1) is 7.14. The van der Waals surface area contributed by atoms with Gasteiger partial charge in [0.25, 0.3) is 0 Å². The number of hydrogen-bond acceptors (Lipinski definition) is 1. The maximum absolute atomic E-state index is 10.7. The normalized spacial score (nSPS) is 27.7. The third kappa shape index (κ3) is 4.23. The van der Waals surface area contributed by atoms with E-state index in [1.165, 1.54) is 25.7 Å². The van der Waals surface area contributed by atoms with Crippen molar-refractivity contribution in [2.24, 2.45) is 11.3 Å². The Morgan fingerprint density at radius 3 is 2.47 bits per heavy atom. The highest BCUT2D eigenvalue weighted by Crippen LogP contribution is 2.57. The fourth-order valence-electron chi connectivity index (χ4n) is 2.40. The van der Waals surface area contributed by atoms with Gasteiger partial charge in [-0.05, 0) is 24.2 Å². The van der Waals surface area contributed by atoms with E-state index < -0.39 is 0 Å². The molecule has 1 rings (SSSR count). The van der Waals surface area contributed by atoms with E-state index in [-0.39, 0.29) is 7.33 Å². The maximum Gasteiger partial charge on any atom is 0.216 e. The molecule has 1 fully saturated rings. The third-order valence-corrected chi connectivity index (χ3v) is 3.41. The minimum atomic E-state index is 0. The van der Waals surface area contributed by atoms with Crippen LogP contribution in [0.15, 0.2) is 0 Å². The third-order valence-electron chi connectivity index (χ3n) is 3.41. The summed E-state index contributed by atoms with van der Waals surface area (Å²) in [7, 11) is 0. The lowest BCUT2D eigenvalue weighted by atomic mass is 9.94. The first-order valence-corrected chi connectivity index (χ1v) is 6.39. The molecule has 1 aliphatic carbocycles. The van der Waals surface area contributed by atoms with Crippen molar-refractivity contribution < 1.29 is 6.22 Å². The van der Waals surface area contributed by atoms with Crippen LogP contribution in [-0.2, 0) is 4.79 Å². The van der Waals surface area contributed by atoms with Gasteiger partial charge in [0, 0.05) is 14.9 Å². The number of carbonyl (C=O) groups is 1. The zero-order valence-electron chi connectivity index (χ0n) is 11.0. The van der Waals surface area contributed by atoms with Crippen LogP contribution in [0.25, 0.3) is 0 Å². The molecule has 0 heterocycles. The molecule has 0 spiro atoms. The largest absolute Gasteiger partial charge is 0.356 e. The fraction of sp³-hybridized carbons (Fsp3) is 0.923. The topological polar surface area (TPSA) is 29.1 Å². The first kappa shape index (κ1) is 14.5. The summed E-state index contributed by atoms with van der Waals surface area (Å²) in [5, 5.41) is 2.92. The Balaban J connectivity index is 0. The Hall–Kier alpha value is -0.530. The van der Waals surface area contributed by atoms with E-state index in [0.29, 0.717) is 5.41 Å². The van der Waals surface area contributed by atoms with Crippen molar-refractivity contribution in [3.8, 4) is 0 Å². The monoisotopic (exact) mass is 215 g/mol. The van der Waals surface area contributed by atoms with E-state index in [0.717, 1.165) is 12.5 Å². The SMILES string of the molecule is CC.CCCC1(CC)CC1CNC(C)=O.[HH]. The summed E-state index contributed by atoms with van der Waals surface area (Å²) in [6, 6.07) is 0. The van der Waals surface area contributed by atoms with Crippen LogP contribution in [-0.4, -0.2) is 12.5 Å². The zero-order chi connectivity index (χ0) is 11.9. The van der Waals surface area contributed by atoms with Crippen LogP contribution in [0.4, 0.5) is 0 Å². The second kappa shape index (κ2) is 6.86. The smallest absolute Gasteiger partial charge is 0.216 e. The molecular formula is C13H29NO. The molecule has 0 aromatic carbocycles. The number of rotatable bonds is 5. The molecule has 15 heavy (non-hydrogen) atoms. The Bertz CT molecular complexity index is 196. The maximum atomic E-state index is 10.7. The van der Waals surface area contributed by atoms with Crippen molar-refractivity contribution in [2.75, 3.05) is 6.54 Å². The van der Waals surface area contributed by atoms with Gasteiger partial charge in [0.05, 0.1) is 0 Å². The zero-order valence-corrected chi connectivity index (χ0v) is 11.0. The van der Waals surface area contributed by atoms with Crippen LogP contribution in [0.5, 0.6) is 0 Å². The Morgan fingerprint density at radius 1 is 1.47 bits per heavy atom. The number of amides is 1. The van der Waals surface area contributed by atoms with Gasteiger partial charge in [-0.2, -0.15) is 0 Å². The van der Waals surface area contributed by atoms with Crippen LogP contribution in [0, 0.1) is 11.3 Å². The van der Waals surface area contributed by atoms with E-state index in [1.54, 1.807) is 6.92 Å². The van der Waals surface area contributed by atoms with Gasteiger partial charge in [0.2, 0.25) is 5.91 Å². The van der Waals surface area contributed by atoms with Crippen LogP contribution in [0.1, 0.15) is 61.7 Å². The van der Waals surface area contributed by atoms with E-state index >= 15 is 0 Å². The molecule has 0 aliphatic heterocycles. The minimum Gasteiger partial charge on any atom is -0.356 e. The van der Waals surface area contributed by atoms with Crippen molar-refractivity contribution >= 4 is 5.91 Å². The lowest BCUT2D eigenvalue weighted by Crippen LogP contribution is -2.24. The minimum absolute atomic E-state index is 0. The van der Waals surface area contributed by atoms with Crippen LogP contribution >= 0.6 is 0 Å². The molecule has 0 radical (unpaired) electrons. The summed E-state index contributed by atoms with van der Waals surface area (Å²) in [6.45, 7) is 11.0. The molecule has 1 saturated carbocycles. The summed E-state index contributed by atoms with van der Waals surface area (Å²) in [6.07, 6.45) is 5.18. The lowest BCUT2D eigenvalue weighted by Gasteiger charge is -2.13. The van der Waals surface area contributed by atoms with Crippen molar-refractivity contribution in [3.05, 3.63) is 0 Å². The molecule has 2 atom stereocenters. The lowest BCUT2D eigenvalue weighted by molar-refractivity contribution is -0.119. The van der Waals surface area contributed by atoms with Gasteiger partial charge in [-0.3, -0.25) is 4.79 Å². The van der Waals surface area contributed by atoms with Gasteiger partial charge >= 0.3 is 0 Å². The molecule has 1 aliphatic rings. The Kier molecular flexibility index (Phi) is 6.62. The van der Waals surface area contributed by atoms with E-state index in [9.17, 15) is 4.79 Å². The van der Waals surface area contributed by atoms with Gasteiger partial charge in [0.15, 0.2) is 0 Å². The molecule has 1 amide bonds. The second-order valence-electron chi connectivity index (χ2n) is 4.30. The number of nitrogens with one attached hydrogen (secondary N) is 1. The molecule has 0 aromatic heterocycles. The number of hydrogen-bond donors (Lipinski definition) is 1. The summed E-state index contributed by atoms with van der Waals surface area (Å²) in [5.41, 5.74) is 0.581. The van der Waals surface area contributed by atoms with Gasteiger partial charge in [-0.15, -0.1) is 0 Å². The predicted molar refractivity (Wildman–Crippen MR) is 67.9 cm³/mol. The quantitative estimate of drug-likeness (QED) is 0.745. The summed E-state index contributed by atoms with van der Waals surface area (Å²) >= 11 is 0. The molecule has 92 valence electrons. The van der Waals surface area contributed by atoms with Crippen LogP contribution < -0.4 is 5.32 Å². The van der Waals surface area contributed by atoms with Crippen LogP contribution in [0.3, 0.4) is 0 Å². The highest BCUT2D eigenvalue weighted by molar-refractivity contribution is 5.72. The average Bonchev–Trinajstić information content (AvgIpc) is 2.93. The molecule has 1 N–H and O–H groups in total. The summed E-state index contributed by atoms with van der Waals surface area (Å²) in [4.78, 5) is 10.7. The van der Waals surface area contributed by atoms with Crippen molar-refractivity contribution in [2.45, 2.75) is 60.3 Å². The second-order valence-corrected chi connectivity index (χ2v) is 4.30. The molecule has 0 bridgehead atoms. The highest BCUT2D eigenvalue weighted by atomic mass is 16.1. The number of carbonyl (C=O) groups excluding carboxylic acids is 1. The van der Waals surface area contributed by atoms with Crippen molar-refractivity contribution in [1.29, 1.82) is 0 Å². The highest BCUT2D eigenvalue weighted by Gasteiger charge is 2.50. The van der Waals surface area contributed by atoms with Crippen molar-refractivity contribution in [3.63, 3.8) is 0 Å². The molecular weight excluding hydrogens is 186 g/mol. The molecule has 2 heteroatoms. The molecule has 2 unspecified atom stereocenters. The van der Waals surface area contributed by atoms with Gasteiger partial charge in [-0.1, -0.05) is 40.5 Å². The van der Waals surface area contributed by atoms with Gasteiger partial charge in [-0.25, -0.2) is 0 Å². The molecule has 2 nitrogen and oxygen atoms in total. The Labute approximate surface area is 96.3 Å². The first-order valence-electron chi connectivity index (χ1n) is 6.39. The average molecular weight is 215 g/mol. The van der Waals surface area contributed by atoms with Gasteiger partial charge < -0.3 is 5.32 Å². The molecule has 0 saturated heterocycles. The van der Waals surface area contributed by atoms with Crippen molar-refractivity contribution in [1.82, 2.24) is 5.32 Å². The van der Waals surface area contributed by atoms with E-state index in [2.05, 4.69) is 19.2 Å². The molecule has 0 aromatic rings. The van der Waals surface area contributed by atoms with Gasteiger partial charge in [0.1, 0.15) is 0 Å². The Morgan fingerprint density at radius 2 is 2.07 bits per heavy atom. The van der Waals surface area contributed by atoms with E-state index in [4.69, 9.17) is 0 Å².